The van der Waals surface area contributed by atoms with Crippen molar-refractivity contribution in [3.8, 4) is 0 Å². The Kier molecular flexibility index (Phi) is 5.18. The number of benzene rings is 1. The summed E-state index contributed by atoms with van der Waals surface area (Å²) in [5.74, 6) is 0.238. The molecule has 1 amide bonds. The number of carbonyl (C=O) groups excluding carboxylic acids is 1. The van der Waals surface area contributed by atoms with Crippen LogP contribution in [-0.4, -0.2) is 37.0 Å². The fourth-order valence-corrected chi connectivity index (χ4v) is 2.96. The number of likely N-dealkylation sites (N-methyl/N-ethyl adjacent to an activating group) is 1. The van der Waals surface area contributed by atoms with Gasteiger partial charge in [0.1, 0.15) is 0 Å². The lowest BCUT2D eigenvalue weighted by Gasteiger charge is -2.34. The molecule has 110 valence electrons. The third-order valence-electron chi connectivity index (χ3n) is 4.52. The summed E-state index contributed by atoms with van der Waals surface area (Å²) >= 11 is 0. The number of nitrogens with zero attached hydrogens (tertiary/aromatic N) is 1. The summed E-state index contributed by atoms with van der Waals surface area (Å²) in [6.45, 7) is 2.07. The summed E-state index contributed by atoms with van der Waals surface area (Å²) in [4.78, 5) is 14.3. The zero-order valence-corrected chi connectivity index (χ0v) is 12.9. The fourth-order valence-electron chi connectivity index (χ4n) is 2.96. The van der Waals surface area contributed by atoms with Gasteiger partial charge in [-0.15, -0.1) is 0 Å². The molecule has 1 fully saturated rings. The van der Waals surface area contributed by atoms with Gasteiger partial charge in [-0.25, -0.2) is 0 Å². The van der Waals surface area contributed by atoms with Crippen molar-refractivity contribution in [3.63, 3.8) is 0 Å². The van der Waals surface area contributed by atoms with Gasteiger partial charge >= 0.3 is 0 Å². The van der Waals surface area contributed by atoms with Crippen molar-refractivity contribution < 1.29 is 4.79 Å². The quantitative estimate of drug-likeness (QED) is 0.915. The number of amides is 1. The molecule has 0 aliphatic heterocycles. The molecule has 0 atom stereocenters. The highest BCUT2D eigenvalue weighted by Gasteiger charge is 2.25. The van der Waals surface area contributed by atoms with Gasteiger partial charge in [0.15, 0.2) is 0 Å². The van der Waals surface area contributed by atoms with Gasteiger partial charge in [0, 0.05) is 19.1 Å². The molecule has 3 heteroatoms. The lowest BCUT2D eigenvalue weighted by molar-refractivity contribution is -0.131. The van der Waals surface area contributed by atoms with E-state index in [4.69, 9.17) is 0 Å². The third kappa shape index (κ3) is 3.83. The van der Waals surface area contributed by atoms with E-state index < -0.39 is 0 Å². The number of hydrogen-bond acceptors (Lipinski definition) is 2. The molecule has 1 N–H and O–H groups in total. The molecule has 1 aromatic carbocycles. The first-order chi connectivity index (χ1) is 9.60. The van der Waals surface area contributed by atoms with Crippen LogP contribution in [0.25, 0.3) is 0 Å². The Morgan fingerprint density at radius 2 is 1.80 bits per heavy atom. The van der Waals surface area contributed by atoms with Crippen LogP contribution in [0.2, 0.25) is 0 Å². The maximum Gasteiger partial charge on any atom is 0.226 e. The summed E-state index contributed by atoms with van der Waals surface area (Å²) in [5, 5.41) is 3.33. The molecule has 1 aromatic rings. The molecule has 0 heterocycles. The van der Waals surface area contributed by atoms with Gasteiger partial charge in [-0.2, -0.15) is 0 Å². The van der Waals surface area contributed by atoms with Crippen molar-refractivity contribution >= 4 is 5.91 Å². The van der Waals surface area contributed by atoms with Crippen LogP contribution in [0, 0.1) is 6.92 Å². The number of aryl methyl sites for hydroxylation is 1. The average molecular weight is 274 g/mol. The summed E-state index contributed by atoms with van der Waals surface area (Å²) in [5.41, 5.74) is 2.34. The van der Waals surface area contributed by atoms with Crippen molar-refractivity contribution in [2.24, 2.45) is 0 Å². The molecule has 1 aliphatic carbocycles. The standard InChI is InChI=1S/C17H26N2O/c1-13-4-6-14(7-5-13)12-17(20)19(3)16-10-8-15(18-2)9-11-16/h4-7,15-16,18H,8-12H2,1-3H3. The Bertz CT molecular complexity index is 433. The maximum absolute atomic E-state index is 12.4. The van der Waals surface area contributed by atoms with Crippen LogP contribution >= 0.6 is 0 Å². The van der Waals surface area contributed by atoms with Gasteiger partial charge in [-0.3, -0.25) is 4.79 Å². The second kappa shape index (κ2) is 6.89. The molecular formula is C17H26N2O. The predicted octanol–water partition coefficient (Wildman–Crippen LogP) is 2.53. The van der Waals surface area contributed by atoms with Gasteiger partial charge < -0.3 is 10.2 Å². The highest BCUT2D eigenvalue weighted by Crippen LogP contribution is 2.22. The SMILES string of the molecule is CNC1CCC(N(C)C(=O)Cc2ccc(C)cc2)CC1. The number of hydrogen-bond donors (Lipinski definition) is 1. The van der Waals surface area contributed by atoms with Gasteiger partial charge in [0.25, 0.3) is 0 Å². The lowest BCUT2D eigenvalue weighted by atomic mass is 9.90. The molecule has 20 heavy (non-hydrogen) atoms. The Balaban J connectivity index is 1.87. The van der Waals surface area contributed by atoms with E-state index in [2.05, 4.69) is 36.5 Å². The smallest absolute Gasteiger partial charge is 0.226 e. The van der Waals surface area contributed by atoms with E-state index in [9.17, 15) is 4.79 Å². The highest BCUT2D eigenvalue weighted by molar-refractivity contribution is 5.78. The van der Waals surface area contributed by atoms with E-state index in [1.807, 2.05) is 19.0 Å². The minimum Gasteiger partial charge on any atom is -0.342 e. The summed E-state index contributed by atoms with van der Waals surface area (Å²) < 4.78 is 0. The molecule has 1 aliphatic rings. The summed E-state index contributed by atoms with van der Waals surface area (Å²) in [6, 6.07) is 9.30. The van der Waals surface area contributed by atoms with Crippen LogP contribution in [0.5, 0.6) is 0 Å². The minimum atomic E-state index is 0.238. The second-order valence-electron chi connectivity index (χ2n) is 5.96. The molecule has 0 saturated heterocycles. The summed E-state index contributed by atoms with van der Waals surface area (Å²) in [7, 11) is 3.98. The van der Waals surface area contributed by atoms with Crippen molar-refractivity contribution in [3.05, 3.63) is 35.4 Å². The fraction of sp³-hybridized carbons (Fsp3) is 0.588. The van der Waals surface area contributed by atoms with Crippen LogP contribution in [0.3, 0.4) is 0 Å². The van der Waals surface area contributed by atoms with Gasteiger partial charge in [0.05, 0.1) is 6.42 Å². The molecular weight excluding hydrogens is 248 g/mol. The molecule has 0 spiro atoms. The molecule has 0 unspecified atom stereocenters. The average Bonchev–Trinajstić information content (AvgIpc) is 2.49. The van der Waals surface area contributed by atoms with E-state index in [-0.39, 0.29) is 5.91 Å². The largest absolute Gasteiger partial charge is 0.342 e. The Hall–Kier alpha value is -1.35. The molecule has 3 nitrogen and oxygen atoms in total. The second-order valence-corrected chi connectivity index (χ2v) is 5.96. The summed E-state index contributed by atoms with van der Waals surface area (Å²) in [6.07, 6.45) is 5.08. The zero-order valence-electron chi connectivity index (χ0n) is 12.9. The third-order valence-corrected chi connectivity index (χ3v) is 4.52. The Morgan fingerprint density at radius 1 is 1.20 bits per heavy atom. The molecule has 1 saturated carbocycles. The van der Waals surface area contributed by atoms with Crippen LogP contribution in [0.1, 0.15) is 36.8 Å². The first-order valence-electron chi connectivity index (χ1n) is 7.58. The van der Waals surface area contributed by atoms with E-state index >= 15 is 0 Å². The van der Waals surface area contributed by atoms with Crippen LogP contribution in [0.15, 0.2) is 24.3 Å². The first kappa shape index (κ1) is 15.0. The van der Waals surface area contributed by atoms with Crippen LogP contribution in [-0.2, 0) is 11.2 Å². The Labute approximate surface area is 122 Å². The van der Waals surface area contributed by atoms with E-state index in [1.54, 1.807) is 0 Å². The van der Waals surface area contributed by atoms with Crippen molar-refractivity contribution in [2.45, 2.75) is 51.1 Å². The first-order valence-corrected chi connectivity index (χ1v) is 7.58. The highest BCUT2D eigenvalue weighted by atomic mass is 16.2. The molecule has 0 radical (unpaired) electrons. The topological polar surface area (TPSA) is 32.3 Å². The van der Waals surface area contributed by atoms with Crippen molar-refractivity contribution in [2.75, 3.05) is 14.1 Å². The van der Waals surface area contributed by atoms with Gasteiger partial charge in [-0.1, -0.05) is 29.8 Å². The van der Waals surface area contributed by atoms with Crippen molar-refractivity contribution in [1.82, 2.24) is 10.2 Å². The van der Waals surface area contributed by atoms with Gasteiger partial charge in [-0.05, 0) is 45.2 Å². The normalized spacial score (nSPS) is 22.6. The van der Waals surface area contributed by atoms with E-state index in [1.165, 1.54) is 18.4 Å². The monoisotopic (exact) mass is 274 g/mol. The molecule has 2 rings (SSSR count). The van der Waals surface area contributed by atoms with Gasteiger partial charge in [0.2, 0.25) is 5.91 Å². The number of carbonyl (C=O) groups is 1. The van der Waals surface area contributed by atoms with Crippen LogP contribution in [0.4, 0.5) is 0 Å². The number of rotatable bonds is 4. The number of nitrogens with one attached hydrogen (secondary N) is 1. The molecule has 0 aromatic heterocycles. The lowest BCUT2D eigenvalue weighted by Crippen LogP contribution is -2.43. The molecule has 0 bridgehead atoms. The maximum atomic E-state index is 12.4. The van der Waals surface area contributed by atoms with Crippen molar-refractivity contribution in [1.29, 1.82) is 0 Å². The Morgan fingerprint density at radius 3 is 2.35 bits per heavy atom. The van der Waals surface area contributed by atoms with E-state index in [0.29, 0.717) is 18.5 Å². The predicted molar refractivity (Wildman–Crippen MR) is 82.8 cm³/mol. The van der Waals surface area contributed by atoms with E-state index in [0.717, 1.165) is 18.4 Å². The van der Waals surface area contributed by atoms with Crippen LogP contribution < -0.4 is 5.32 Å². The zero-order chi connectivity index (χ0) is 14.5. The minimum absolute atomic E-state index is 0.238.